The van der Waals surface area contributed by atoms with Crippen LogP contribution in [0.2, 0.25) is 0 Å². The number of hydrazine groups is 1. The molecule has 1 aliphatic heterocycles. The SMILES string of the molecule is CCCNN1CCC(C(C)=O)(c2ccccc2)CC1. The van der Waals surface area contributed by atoms with Crippen LogP contribution in [-0.2, 0) is 10.2 Å². The average Bonchev–Trinajstić information content (AvgIpc) is 2.46. The highest BCUT2D eigenvalue weighted by molar-refractivity contribution is 5.88. The smallest absolute Gasteiger partial charge is 0.140 e. The molecule has 104 valence electrons. The first-order valence-electron chi connectivity index (χ1n) is 7.24. The molecule has 0 radical (unpaired) electrons. The predicted octanol–water partition coefficient (Wildman–Crippen LogP) is 2.52. The van der Waals surface area contributed by atoms with E-state index in [9.17, 15) is 4.79 Å². The van der Waals surface area contributed by atoms with Gasteiger partial charge in [0.15, 0.2) is 0 Å². The van der Waals surface area contributed by atoms with Gasteiger partial charge in [-0.05, 0) is 31.7 Å². The lowest BCUT2D eigenvalue weighted by atomic mass is 9.70. The Morgan fingerprint density at radius 1 is 1.26 bits per heavy atom. The number of ketones is 1. The molecule has 0 aliphatic carbocycles. The fourth-order valence-electron chi connectivity index (χ4n) is 2.92. The Balaban J connectivity index is 2.10. The fraction of sp³-hybridized carbons (Fsp3) is 0.562. The van der Waals surface area contributed by atoms with Gasteiger partial charge in [-0.15, -0.1) is 0 Å². The van der Waals surface area contributed by atoms with Gasteiger partial charge in [-0.25, -0.2) is 5.01 Å². The molecule has 1 aromatic carbocycles. The summed E-state index contributed by atoms with van der Waals surface area (Å²) in [5.41, 5.74) is 4.33. The Bertz CT molecular complexity index is 408. The molecule has 3 heteroatoms. The van der Waals surface area contributed by atoms with Gasteiger partial charge in [0.2, 0.25) is 0 Å². The van der Waals surface area contributed by atoms with Crippen LogP contribution >= 0.6 is 0 Å². The molecule has 0 spiro atoms. The van der Waals surface area contributed by atoms with Crippen LogP contribution in [0.1, 0.15) is 38.7 Å². The quantitative estimate of drug-likeness (QED) is 0.883. The van der Waals surface area contributed by atoms with Crippen LogP contribution in [0.5, 0.6) is 0 Å². The van der Waals surface area contributed by atoms with Crippen molar-refractivity contribution >= 4 is 5.78 Å². The molecule has 0 unspecified atom stereocenters. The van der Waals surface area contributed by atoms with E-state index in [2.05, 4.69) is 29.5 Å². The number of nitrogens with zero attached hydrogens (tertiary/aromatic N) is 1. The van der Waals surface area contributed by atoms with E-state index in [-0.39, 0.29) is 5.41 Å². The Kier molecular flexibility index (Phi) is 4.72. The van der Waals surface area contributed by atoms with Crippen LogP contribution in [0.4, 0.5) is 0 Å². The molecule has 0 amide bonds. The maximum absolute atomic E-state index is 12.2. The minimum Gasteiger partial charge on any atom is -0.299 e. The predicted molar refractivity (Wildman–Crippen MR) is 77.9 cm³/mol. The number of Topliss-reactive ketones (excluding diaryl/α,β-unsaturated/α-hetero) is 1. The lowest BCUT2D eigenvalue weighted by Crippen LogP contribution is -2.51. The summed E-state index contributed by atoms with van der Waals surface area (Å²) in [6.45, 7) is 6.80. The first-order chi connectivity index (χ1) is 9.19. The van der Waals surface area contributed by atoms with Gasteiger partial charge in [0, 0.05) is 19.6 Å². The van der Waals surface area contributed by atoms with Crippen molar-refractivity contribution in [2.45, 2.75) is 38.5 Å². The summed E-state index contributed by atoms with van der Waals surface area (Å²) >= 11 is 0. The number of carbonyl (C=O) groups excluding carboxylic acids is 1. The van der Waals surface area contributed by atoms with Crippen molar-refractivity contribution in [3.8, 4) is 0 Å². The zero-order chi connectivity index (χ0) is 13.7. The molecule has 1 fully saturated rings. The van der Waals surface area contributed by atoms with Crippen LogP contribution in [0.15, 0.2) is 30.3 Å². The Hall–Kier alpha value is -1.19. The zero-order valence-corrected chi connectivity index (χ0v) is 12.0. The molecule has 1 aromatic rings. The third-order valence-electron chi connectivity index (χ3n) is 4.20. The van der Waals surface area contributed by atoms with Crippen LogP contribution < -0.4 is 5.43 Å². The Labute approximate surface area is 116 Å². The van der Waals surface area contributed by atoms with Crippen molar-refractivity contribution in [3.63, 3.8) is 0 Å². The number of benzene rings is 1. The van der Waals surface area contributed by atoms with Crippen LogP contribution in [0.3, 0.4) is 0 Å². The van der Waals surface area contributed by atoms with Crippen molar-refractivity contribution in [1.29, 1.82) is 0 Å². The Morgan fingerprint density at radius 2 is 1.89 bits per heavy atom. The van der Waals surface area contributed by atoms with E-state index in [1.54, 1.807) is 6.92 Å². The second-order valence-electron chi connectivity index (χ2n) is 5.40. The van der Waals surface area contributed by atoms with Gasteiger partial charge in [0.25, 0.3) is 0 Å². The van der Waals surface area contributed by atoms with E-state index in [4.69, 9.17) is 0 Å². The van der Waals surface area contributed by atoms with Crippen LogP contribution in [0, 0.1) is 0 Å². The van der Waals surface area contributed by atoms with Gasteiger partial charge in [-0.1, -0.05) is 37.3 Å². The summed E-state index contributed by atoms with van der Waals surface area (Å²) < 4.78 is 0. The maximum atomic E-state index is 12.2. The largest absolute Gasteiger partial charge is 0.299 e. The first-order valence-corrected chi connectivity index (χ1v) is 7.24. The van der Waals surface area contributed by atoms with Gasteiger partial charge in [0.05, 0.1) is 5.41 Å². The standard InChI is InChI=1S/C16H24N2O/c1-3-11-17-18-12-9-16(10-13-18,14(2)19)15-7-5-4-6-8-15/h4-8,17H,3,9-13H2,1-2H3. The molecule has 1 heterocycles. The maximum Gasteiger partial charge on any atom is 0.140 e. The van der Waals surface area contributed by atoms with E-state index in [1.807, 2.05) is 18.2 Å². The normalized spacial score (nSPS) is 19.3. The summed E-state index contributed by atoms with van der Waals surface area (Å²) in [6, 6.07) is 10.3. The second kappa shape index (κ2) is 6.31. The number of piperidine rings is 1. The van der Waals surface area contributed by atoms with E-state index >= 15 is 0 Å². The molecule has 1 saturated heterocycles. The zero-order valence-electron chi connectivity index (χ0n) is 12.0. The third kappa shape index (κ3) is 3.04. The van der Waals surface area contributed by atoms with Crippen molar-refractivity contribution in [1.82, 2.24) is 10.4 Å². The van der Waals surface area contributed by atoms with Gasteiger partial charge in [-0.2, -0.15) is 0 Å². The first kappa shape index (κ1) is 14.2. The minimum absolute atomic E-state index is 0.272. The van der Waals surface area contributed by atoms with Crippen molar-refractivity contribution in [3.05, 3.63) is 35.9 Å². The van der Waals surface area contributed by atoms with E-state index < -0.39 is 0 Å². The fourth-order valence-corrected chi connectivity index (χ4v) is 2.92. The molecule has 0 atom stereocenters. The molecular weight excluding hydrogens is 236 g/mol. The third-order valence-corrected chi connectivity index (χ3v) is 4.20. The monoisotopic (exact) mass is 260 g/mol. The summed E-state index contributed by atoms with van der Waals surface area (Å²) in [5.74, 6) is 0.300. The summed E-state index contributed by atoms with van der Waals surface area (Å²) in [4.78, 5) is 12.2. The summed E-state index contributed by atoms with van der Waals surface area (Å²) in [7, 11) is 0. The van der Waals surface area contributed by atoms with Crippen LogP contribution in [-0.4, -0.2) is 30.4 Å². The van der Waals surface area contributed by atoms with E-state index in [0.717, 1.165) is 38.9 Å². The van der Waals surface area contributed by atoms with Gasteiger partial charge in [-0.3, -0.25) is 10.2 Å². The van der Waals surface area contributed by atoms with E-state index in [0.29, 0.717) is 5.78 Å². The highest BCUT2D eigenvalue weighted by Gasteiger charge is 2.40. The molecule has 0 bridgehead atoms. The minimum atomic E-state index is -0.272. The molecule has 3 nitrogen and oxygen atoms in total. The molecule has 0 saturated carbocycles. The lowest BCUT2D eigenvalue weighted by molar-refractivity contribution is -0.124. The molecule has 0 aromatic heterocycles. The molecule has 2 rings (SSSR count). The topological polar surface area (TPSA) is 32.3 Å². The highest BCUT2D eigenvalue weighted by Crippen LogP contribution is 2.35. The van der Waals surface area contributed by atoms with Gasteiger partial charge in [0.1, 0.15) is 5.78 Å². The number of hydrogen-bond acceptors (Lipinski definition) is 3. The highest BCUT2D eigenvalue weighted by atomic mass is 16.1. The van der Waals surface area contributed by atoms with E-state index in [1.165, 1.54) is 5.56 Å². The number of nitrogens with one attached hydrogen (secondary N) is 1. The van der Waals surface area contributed by atoms with Crippen molar-refractivity contribution in [2.75, 3.05) is 19.6 Å². The average molecular weight is 260 g/mol. The number of carbonyl (C=O) groups is 1. The van der Waals surface area contributed by atoms with Crippen molar-refractivity contribution in [2.24, 2.45) is 0 Å². The number of hydrogen-bond donors (Lipinski definition) is 1. The van der Waals surface area contributed by atoms with Crippen LogP contribution in [0.25, 0.3) is 0 Å². The van der Waals surface area contributed by atoms with Crippen molar-refractivity contribution < 1.29 is 4.79 Å². The molecule has 1 N–H and O–H groups in total. The lowest BCUT2D eigenvalue weighted by Gasteiger charge is -2.40. The summed E-state index contributed by atoms with van der Waals surface area (Å²) in [5, 5.41) is 2.26. The number of rotatable bonds is 5. The summed E-state index contributed by atoms with van der Waals surface area (Å²) in [6.07, 6.45) is 2.94. The Morgan fingerprint density at radius 3 is 2.42 bits per heavy atom. The molecular formula is C16H24N2O. The molecule has 19 heavy (non-hydrogen) atoms. The molecule has 1 aliphatic rings. The van der Waals surface area contributed by atoms with Gasteiger partial charge >= 0.3 is 0 Å². The van der Waals surface area contributed by atoms with Gasteiger partial charge < -0.3 is 0 Å². The second-order valence-corrected chi connectivity index (χ2v) is 5.40.